The van der Waals surface area contributed by atoms with Gasteiger partial charge in [0.1, 0.15) is 0 Å². The fourth-order valence-electron chi connectivity index (χ4n) is 1.43. The second kappa shape index (κ2) is 8.28. The fourth-order valence-corrected chi connectivity index (χ4v) is 1.43. The molecule has 0 saturated carbocycles. The van der Waals surface area contributed by atoms with Crippen molar-refractivity contribution in [3.63, 3.8) is 0 Å². The molecule has 0 saturated heterocycles. The van der Waals surface area contributed by atoms with E-state index in [-0.39, 0.29) is 0 Å². The van der Waals surface area contributed by atoms with Crippen LogP contribution >= 0.6 is 0 Å². The number of hydrogen-bond donors (Lipinski definition) is 0. The third kappa shape index (κ3) is 6.11. The molecule has 0 aromatic heterocycles. The first-order chi connectivity index (χ1) is 7.15. The van der Waals surface area contributed by atoms with Gasteiger partial charge in [-0.05, 0) is 45.1 Å². The maximum atomic E-state index is 3.89. The third-order valence-electron chi connectivity index (χ3n) is 2.39. The Labute approximate surface area is 95.1 Å². The first-order valence-corrected chi connectivity index (χ1v) is 5.73. The molecule has 1 atom stereocenters. The standard InChI is InChI=1S/C15H24/c1-6-9-11-14(8-3)12-15(10-7-2)13(4)5/h7-11,14H,3,6,12H2,1-2,4-5H3. The molecule has 0 bridgehead atoms. The Hall–Kier alpha value is -1.04. The van der Waals surface area contributed by atoms with Crippen molar-refractivity contribution in [2.45, 2.75) is 40.5 Å². The Bertz CT molecular complexity index is 260. The maximum Gasteiger partial charge on any atom is -0.00158 e. The summed E-state index contributed by atoms with van der Waals surface area (Å²) in [6, 6.07) is 0. The highest BCUT2D eigenvalue weighted by atomic mass is 14.1. The van der Waals surface area contributed by atoms with Crippen LogP contribution in [0.25, 0.3) is 0 Å². The molecule has 0 amide bonds. The molecule has 0 nitrogen and oxygen atoms in total. The fraction of sp³-hybridized carbons (Fsp3) is 0.467. The first kappa shape index (κ1) is 14.0. The average molecular weight is 204 g/mol. The van der Waals surface area contributed by atoms with Crippen LogP contribution in [0.5, 0.6) is 0 Å². The van der Waals surface area contributed by atoms with Gasteiger partial charge in [0.05, 0.1) is 0 Å². The highest BCUT2D eigenvalue weighted by Gasteiger charge is 2.03. The highest BCUT2D eigenvalue weighted by molar-refractivity contribution is 5.25. The third-order valence-corrected chi connectivity index (χ3v) is 2.39. The molecule has 0 aliphatic heterocycles. The largest absolute Gasteiger partial charge is 0.102 e. The minimum Gasteiger partial charge on any atom is -0.102 e. The van der Waals surface area contributed by atoms with Gasteiger partial charge in [-0.15, -0.1) is 6.58 Å². The van der Waals surface area contributed by atoms with Crippen LogP contribution in [0.4, 0.5) is 0 Å². The quantitative estimate of drug-likeness (QED) is 0.419. The summed E-state index contributed by atoms with van der Waals surface area (Å²) in [4.78, 5) is 0. The van der Waals surface area contributed by atoms with Gasteiger partial charge in [0.15, 0.2) is 0 Å². The van der Waals surface area contributed by atoms with Crippen LogP contribution in [0.1, 0.15) is 40.5 Å². The van der Waals surface area contributed by atoms with Crippen LogP contribution in [-0.2, 0) is 0 Å². The first-order valence-electron chi connectivity index (χ1n) is 5.73. The Morgan fingerprint density at radius 1 is 1.33 bits per heavy atom. The van der Waals surface area contributed by atoms with Crippen LogP contribution in [0.2, 0.25) is 0 Å². The Balaban J connectivity index is 4.57. The molecule has 0 aromatic carbocycles. The van der Waals surface area contributed by atoms with Gasteiger partial charge in [-0.3, -0.25) is 0 Å². The summed E-state index contributed by atoms with van der Waals surface area (Å²) < 4.78 is 0. The van der Waals surface area contributed by atoms with E-state index in [9.17, 15) is 0 Å². The zero-order valence-corrected chi connectivity index (χ0v) is 10.6. The summed E-state index contributed by atoms with van der Waals surface area (Å²) in [6.07, 6.45) is 12.9. The number of rotatable bonds is 6. The lowest BCUT2D eigenvalue weighted by Crippen LogP contribution is -1.95. The van der Waals surface area contributed by atoms with Crippen molar-refractivity contribution in [3.05, 3.63) is 48.1 Å². The van der Waals surface area contributed by atoms with Crippen LogP contribution in [0.15, 0.2) is 48.1 Å². The SMILES string of the molecule is C=CC(C=CCC)CC(C=CC)=C(C)C. The van der Waals surface area contributed by atoms with E-state index in [2.05, 4.69) is 58.6 Å². The van der Waals surface area contributed by atoms with E-state index in [1.54, 1.807) is 0 Å². The molecule has 0 heterocycles. The minimum absolute atomic E-state index is 0.464. The second-order valence-electron chi connectivity index (χ2n) is 3.97. The van der Waals surface area contributed by atoms with Gasteiger partial charge in [-0.2, -0.15) is 0 Å². The lowest BCUT2D eigenvalue weighted by molar-refractivity contribution is 0.798. The number of allylic oxidation sites excluding steroid dienone is 7. The molecule has 0 rings (SSSR count). The zero-order valence-electron chi connectivity index (χ0n) is 10.6. The Morgan fingerprint density at radius 3 is 2.40 bits per heavy atom. The molecule has 0 aliphatic rings. The van der Waals surface area contributed by atoms with Crippen molar-refractivity contribution in [2.24, 2.45) is 5.92 Å². The van der Waals surface area contributed by atoms with E-state index in [0.717, 1.165) is 12.8 Å². The van der Waals surface area contributed by atoms with Crippen molar-refractivity contribution in [2.75, 3.05) is 0 Å². The van der Waals surface area contributed by atoms with Gasteiger partial charge in [-0.25, -0.2) is 0 Å². The van der Waals surface area contributed by atoms with E-state index in [0.29, 0.717) is 5.92 Å². The highest BCUT2D eigenvalue weighted by Crippen LogP contribution is 2.19. The molecule has 15 heavy (non-hydrogen) atoms. The topological polar surface area (TPSA) is 0 Å². The Morgan fingerprint density at radius 2 is 2.00 bits per heavy atom. The summed E-state index contributed by atoms with van der Waals surface area (Å²) in [5.41, 5.74) is 2.81. The smallest absolute Gasteiger partial charge is 0.00158 e. The lowest BCUT2D eigenvalue weighted by atomic mass is 9.95. The van der Waals surface area contributed by atoms with Crippen LogP contribution in [0.3, 0.4) is 0 Å². The van der Waals surface area contributed by atoms with Crippen molar-refractivity contribution < 1.29 is 0 Å². The minimum atomic E-state index is 0.464. The van der Waals surface area contributed by atoms with E-state index < -0.39 is 0 Å². The average Bonchev–Trinajstić information content (AvgIpc) is 2.22. The van der Waals surface area contributed by atoms with Crippen molar-refractivity contribution in [3.8, 4) is 0 Å². The molecule has 0 aromatic rings. The van der Waals surface area contributed by atoms with Gasteiger partial charge < -0.3 is 0 Å². The molecule has 0 fully saturated rings. The molecule has 0 radical (unpaired) electrons. The summed E-state index contributed by atoms with van der Waals surface area (Å²) >= 11 is 0. The van der Waals surface area contributed by atoms with Gasteiger partial charge in [0, 0.05) is 0 Å². The monoisotopic (exact) mass is 204 g/mol. The summed E-state index contributed by atoms with van der Waals surface area (Å²) in [6.45, 7) is 12.4. The molecule has 0 N–H and O–H groups in total. The van der Waals surface area contributed by atoms with Crippen molar-refractivity contribution in [1.82, 2.24) is 0 Å². The van der Waals surface area contributed by atoms with E-state index in [1.807, 2.05) is 6.08 Å². The second-order valence-corrected chi connectivity index (χ2v) is 3.97. The molecule has 84 valence electrons. The van der Waals surface area contributed by atoms with Gasteiger partial charge >= 0.3 is 0 Å². The predicted molar refractivity (Wildman–Crippen MR) is 70.9 cm³/mol. The van der Waals surface area contributed by atoms with Crippen LogP contribution < -0.4 is 0 Å². The lowest BCUT2D eigenvalue weighted by Gasteiger charge is -2.10. The summed E-state index contributed by atoms with van der Waals surface area (Å²) in [7, 11) is 0. The summed E-state index contributed by atoms with van der Waals surface area (Å²) in [5, 5.41) is 0. The molecule has 0 aliphatic carbocycles. The van der Waals surface area contributed by atoms with E-state index in [4.69, 9.17) is 0 Å². The zero-order chi connectivity index (χ0) is 11.7. The molecule has 0 heteroatoms. The van der Waals surface area contributed by atoms with Gasteiger partial charge in [-0.1, -0.05) is 42.9 Å². The van der Waals surface area contributed by atoms with Crippen LogP contribution in [0, 0.1) is 5.92 Å². The molecular weight excluding hydrogens is 180 g/mol. The van der Waals surface area contributed by atoms with Crippen molar-refractivity contribution in [1.29, 1.82) is 0 Å². The summed E-state index contributed by atoms with van der Waals surface area (Å²) in [5.74, 6) is 0.464. The van der Waals surface area contributed by atoms with E-state index >= 15 is 0 Å². The van der Waals surface area contributed by atoms with Gasteiger partial charge in [0.25, 0.3) is 0 Å². The maximum absolute atomic E-state index is 3.89. The van der Waals surface area contributed by atoms with E-state index in [1.165, 1.54) is 11.1 Å². The van der Waals surface area contributed by atoms with Crippen LogP contribution in [-0.4, -0.2) is 0 Å². The normalized spacial score (nSPS) is 13.3. The van der Waals surface area contributed by atoms with Crippen molar-refractivity contribution >= 4 is 0 Å². The number of hydrogen-bond acceptors (Lipinski definition) is 0. The predicted octanol–water partition coefficient (Wildman–Crippen LogP) is 5.06. The molecule has 0 spiro atoms. The Kier molecular flexibility index (Phi) is 7.71. The molecular formula is C15H24. The van der Waals surface area contributed by atoms with Gasteiger partial charge in [0.2, 0.25) is 0 Å². The molecule has 1 unspecified atom stereocenters.